The largest absolute Gasteiger partial charge is 0.393 e. The Hall–Kier alpha value is -2.10. The van der Waals surface area contributed by atoms with Crippen molar-refractivity contribution in [3.63, 3.8) is 0 Å². The first-order valence-electron chi connectivity index (χ1n) is 8.67. The van der Waals surface area contributed by atoms with Gasteiger partial charge in [-0.3, -0.25) is 14.5 Å². The number of carbonyl (C=O) groups excluding carboxylic acids is 1. The number of hydrogen-bond acceptors (Lipinski definition) is 4. The van der Waals surface area contributed by atoms with Gasteiger partial charge in [-0.1, -0.05) is 25.0 Å². The number of nitrogens with one attached hydrogen (secondary N) is 2. The van der Waals surface area contributed by atoms with Crippen molar-refractivity contribution in [2.24, 2.45) is 10.9 Å². The number of alkyl halides is 3. The third kappa shape index (κ3) is 4.10. The van der Waals surface area contributed by atoms with Gasteiger partial charge in [-0.05, 0) is 31.9 Å². The third-order valence-electron chi connectivity index (χ3n) is 4.88. The quantitative estimate of drug-likeness (QED) is 0.812. The average Bonchev–Trinajstić information content (AvgIpc) is 2.85. The van der Waals surface area contributed by atoms with Crippen LogP contribution in [0.1, 0.15) is 38.2 Å². The van der Waals surface area contributed by atoms with Crippen LogP contribution in [0.2, 0.25) is 0 Å². The molecule has 1 amide bonds. The molecule has 27 heavy (non-hydrogen) atoms. The number of hydrogen-bond donors (Lipinski definition) is 2. The van der Waals surface area contributed by atoms with Crippen LogP contribution in [-0.4, -0.2) is 38.4 Å². The van der Waals surface area contributed by atoms with E-state index in [2.05, 4.69) is 15.0 Å². The van der Waals surface area contributed by atoms with Gasteiger partial charge >= 0.3 is 6.18 Å². The Morgan fingerprint density at radius 2 is 1.93 bits per heavy atom. The van der Waals surface area contributed by atoms with Crippen molar-refractivity contribution in [2.45, 2.75) is 55.8 Å². The highest BCUT2D eigenvalue weighted by atomic mass is 32.2. The molecule has 1 saturated carbocycles. The molecule has 3 atom stereocenters. The van der Waals surface area contributed by atoms with E-state index in [-0.39, 0.29) is 23.6 Å². The topological polar surface area (TPSA) is 87.6 Å². The molecule has 1 fully saturated rings. The zero-order valence-electron chi connectivity index (χ0n) is 14.6. The lowest BCUT2D eigenvalue weighted by molar-refractivity contribution is -0.189. The number of amidine groups is 1. The molecule has 0 aromatic heterocycles. The molecular formula is C17H20F3N3O3S. The van der Waals surface area contributed by atoms with Crippen molar-refractivity contribution in [3.8, 4) is 0 Å². The van der Waals surface area contributed by atoms with Gasteiger partial charge in [0, 0.05) is 11.6 Å². The fourth-order valence-corrected chi connectivity index (χ4v) is 4.72. The van der Waals surface area contributed by atoms with Gasteiger partial charge in [-0.25, -0.2) is 8.42 Å². The number of sulfonamides is 1. The van der Waals surface area contributed by atoms with E-state index >= 15 is 0 Å². The van der Waals surface area contributed by atoms with Crippen molar-refractivity contribution in [1.82, 2.24) is 10.0 Å². The van der Waals surface area contributed by atoms with Crippen LogP contribution in [0.3, 0.4) is 0 Å². The van der Waals surface area contributed by atoms with E-state index < -0.39 is 40.1 Å². The number of rotatable bonds is 3. The van der Waals surface area contributed by atoms with Crippen LogP contribution in [0.5, 0.6) is 0 Å². The fraction of sp³-hybridized carbons (Fsp3) is 0.529. The second-order valence-corrected chi connectivity index (χ2v) is 8.45. The third-order valence-corrected chi connectivity index (χ3v) is 6.28. The van der Waals surface area contributed by atoms with Crippen LogP contribution in [-0.2, 0) is 14.8 Å². The molecule has 148 valence electrons. The Bertz CT molecular complexity index is 868. The predicted octanol–water partition coefficient (Wildman–Crippen LogP) is 2.35. The molecule has 0 saturated heterocycles. The summed E-state index contributed by atoms with van der Waals surface area (Å²) in [5.74, 6) is -2.21. The predicted molar refractivity (Wildman–Crippen MR) is 92.7 cm³/mol. The van der Waals surface area contributed by atoms with Gasteiger partial charge in [0.15, 0.2) is 0 Å². The Balaban J connectivity index is 1.76. The van der Waals surface area contributed by atoms with Gasteiger partial charge < -0.3 is 5.32 Å². The minimum atomic E-state index is -4.37. The van der Waals surface area contributed by atoms with Crippen molar-refractivity contribution in [1.29, 1.82) is 0 Å². The van der Waals surface area contributed by atoms with Crippen LogP contribution in [0, 0.1) is 5.92 Å². The summed E-state index contributed by atoms with van der Waals surface area (Å²) in [6.45, 7) is 1.42. The lowest BCUT2D eigenvalue weighted by atomic mass is 9.84. The number of aliphatic imine (C=N–C) groups is 1. The van der Waals surface area contributed by atoms with E-state index in [4.69, 9.17) is 0 Å². The Morgan fingerprint density at radius 1 is 1.26 bits per heavy atom. The van der Waals surface area contributed by atoms with Crippen LogP contribution in [0.25, 0.3) is 0 Å². The van der Waals surface area contributed by atoms with Crippen molar-refractivity contribution in [2.75, 3.05) is 0 Å². The second-order valence-electron chi connectivity index (χ2n) is 6.80. The molecule has 0 bridgehead atoms. The fourth-order valence-electron chi connectivity index (χ4n) is 3.48. The maximum absolute atomic E-state index is 13.2. The highest BCUT2D eigenvalue weighted by Gasteiger charge is 2.46. The summed E-state index contributed by atoms with van der Waals surface area (Å²) in [5.41, 5.74) is 0.336. The molecule has 0 radical (unpaired) electrons. The minimum Gasteiger partial charge on any atom is -0.351 e. The molecule has 1 aliphatic heterocycles. The molecule has 1 aromatic carbocycles. The molecule has 1 heterocycles. The highest BCUT2D eigenvalue weighted by Crippen LogP contribution is 2.37. The maximum Gasteiger partial charge on any atom is 0.393 e. The molecule has 10 heteroatoms. The zero-order chi connectivity index (χ0) is 19.8. The summed E-state index contributed by atoms with van der Waals surface area (Å²) in [5, 5.41) is 2.45. The van der Waals surface area contributed by atoms with E-state index in [1.54, 1.807) is 18.2 Å². The standard InChI is InChI=1S/C17H20F3N3O3S/c1-10(16(24)22-13-8-4-3-7-12(13)17(18,19)20)21-15-11-6-2-5-9-14(11)27(25,26)23-15/h2,5-6,9-10,12-13H,3-4,7-8H2,1H3,(H,21,23)(H,22,24)/t10-,12?,13?/m0/s1. The van der Waals surface area contributed by atoms with Gasteiger partial charge in [0.2, 0.25) is 5.91 Å². The molecule has 1 aromatic rings. The number of fused-ring (bicyclic) bond motifs is 1. The average molecular weight is 403 g/mol. The first-order chi connectivity index (χ1) is 12.6. The minimum absolute atomic E-state index is 0.00940. The van der Waals surface area contributed by atoms with E-state index in [0.29, 0.717) is 18.4 Å². The molecule has 3 rings (SSSR count). The van der Waals surface area contributed by atoms with E-state index in [9.17, 15) is 26.4 Å². The number of halogens is 3. The Labute approximate surface area is 155 Å². The first-order valence-corrected chi connectivity index (χ1v) is 10.1. The molecule has 6 nitrogen and oxygen atoms in total. The van der Waals surface area contributed by atoms with Crippen LogP contribution in [0.15, 0.2) is 34.2 Å². The number of benzene rings is 1. The van der Waals surface area contributed by atoms with Gasteiger partial charge in [0.1, 0.15) is 11.9 Å². The van der Waals surface area contributed by atoms with Gasteiger partial charge in [-0.2, -0.15) is 13.2 Å². The molecular weight excluding hydrogens is 383 g/mol. The highest BCUT2D eigenvalue weighted by molar-refractivity contribution is 7.90. The summed E-state index contributed by atoms with van der Waals surface area (Å²) < 4.78 is 65.9. The number of nitrogens with zero attached hydrogens (tertiary/aromatic N) is 1. The Kier molecular flexibility index (Phi) is 5.20. The monoisotopic (exact) mass is 403 g/mol. The molecule has 1 aliphatic carbocycles. The van der Waals surface area contributed by atoms with Crippen LogP contribution < -0.4 is 10.0 Å². The SMILES string of the molecule is C[C@H](N=C1NS(=O)(=O)c2ccccc21)C(=O)NC1CCCCC1C(F)(F)F. The normalized spacial score (nSPS) is 26.9. The van der Waals surface area contributed by atoms with Gasteiger partial charge in [-0.15, -0.1) is 0 Å². The van der Waals surface area contributed by atoms with E-state index in [1.807, 2.05) is 0 Å². The summed E-state index contributed by atoms with van der Waals surface area (Å²) in [4.78, 5) is 16.5. The first kappa shape index (κ1) is 19.7. The summed E-state index contributed by atoms with van der Waals surface area (Å²) in [6, 6.07) is 4.15. The Morgan fingerprint density at radius 3 is 2.63 bits per heavy atom. The molecule has 2 aliphatic rings. The van der Waals surface area contributed by atoms with Gasteiger partial charge in [0.25, 0.3) is 10.0 Å². The van der Waals surface area contributed by atoms with E-state index in [0.717, 1.165) is 0 Å². The van der Waals surface area contributed by atoms with Crippen molar-refractivity contribution < 1.29 is 26.4 Å². The van der Waals surface area contributed by atoms with Crippen molar-refractivity contribution >= 4 is 21.8 Å². The molecule has 2 unspecified atom stereocenters. The summed E-state index contributed by atoms with van der Waals surface area (Å²) >= 11 is 0. The smallest absolute Gasteiger partial charge is 0.351 e. The molecule has 2 N–H and O–H groups in total. The number of amides is 1. The zero-order valence-corrected chi connectivity index (χ0v) is 15.4. The lowest BCUT2D eigenvalue weighted by Crippen LogP contribution is -2.49. The van der Waals surface area contributed by atoms with Gasteiger partial charge in [0.05, 0.1) is 10.8 Å². The van der Waals surface area contributed by atoms with E-state index in [1.165, 1.54) is 13.0 Å². The van der Waals surface area contributed by atoms with Crippen molar-refractivity contribution in [3.05, 3.63) is 29.8 Å². The number of carbonyl (C=O) groups is 1. The lowest BCUT2D eigenvalue weighted by Gasteiger charge is -2.33. The summed E-state index contributed by atoms with van der Waals surface area (Å²) in [7, 11) is -3.74. The second kappa shape index (κ2) is 7.14. The van der Waals surface area contributed by atoms with Crippen LogP contribution in [0.4, 0.5) is 13.2 Å². The summed E-state index contributed by atoms with van der Waals surface area (Å²) in [6.07, 6.45) is -3.02. The maximum atomic E-state index is 13.2. The molecule has 0 spiro atoms. The van der Waals surface area contributed by atoms with Crippen LogP contribution >= 0.6 is 0 Å².